The van der Waals surface area contributed by atoms with Gasteiger partial charge in [-0.05, 0) is 30.9 Å². The van der Waals surface area contributed by atoms with Crippen LogP contribution in [-0.4, -0.2) is 57.0 Å². The lowest BCUT2D eigenvalue weighted by Crippen LogP contribution is -2.27. The van der Waals surface area contributed by atoms with Crippen LogP contribution in [0.15, 0.2) is 35.0 Å². The van der Waals surface area contributed by atoms with Crippen LogP contribution in [0.2, 0.25) is 0 Å². The minimum atomic E-state index is -0.199. The number of pyridine rings is 1. The number of carbonyl (C=O) groups is 2. The van der Waals surface area contributed by atoms with Gasteiger partial charge in [0.15, 0.2) is 5.13 Å². The average Bonchev–Trinajstić information content (AvgIpc) is 3.43. The molecule has 2 N–H and O–H groups in total. The van der Waals surface area contributed by atoms with Crippen molar-refractivity contribution in [2.75, 3.05) is 30.8 Å². The molecule has 10 nitrogen and oxygen atoms in total. The highest BCUT2D eigenvalue weighted by molar-refractivity contribution is 7.17. The van der Waals surface area contributed by atoms with E-state index in [2.05, 4.69) is 30.7 Å². The van der Waals surface area contributed by atoms with E-state index in [1.807, 2.05) is 31.2 Å². The van der Waals surface area contributed by atoms with Gasteiger partial charge >= 0.3 is 0 Å². The Morgan fingerprint density at radius 2 is 2.00 bits per heavy atom. The fourth-order valence-corrected chi connectivity index (χ4v) is 4.58. The Balaban J connectivity index is 1.39. The molecule has 11 heteroatoms. The van der Waals surface area contributed by atoms with Crippen LogP contribution in [-0.2, 0) is 4.79 Å². The van der Waals surface area contributed by atoms with E-state index in [1.165, 1.54) is 11.3 Å². The van der Waals surface area contributed by atoms with Crippen molar-refractivity contribution >= 4 is 44.9 Å². The molecule has 1 aromatic carbocycles. The van der Waals surface area contributed by atoms with E-state index in [9.17, 15) is 9.59 Å². The molecule has 0 unspecified atom stereocenters. The molecule has 0 aliphatic rings. The molecule has 3 heterocycles. The number of aromatic nitrogens is 4. The number of thiazole rings is 1. The summed E-state index contributed by atoms with van der Waals surface area (Å²) in [6, 6.07) is 7.76. The lowest BCUT2D eigenvalue weighted by atomic mass is 10.1. The van der Waals surface area contributed by atoms with Gasteiger partial charge in [-0.3, -0.25) is 9.59 Å². The topological polar surface area (TPSA) is 126 Å². The molecule has 0 radical (unpaired) electrons. The van der Waals surface area contributed by atoms with E-state index in [4.69, 9.17) is 4.52 Å². The molecule has 0 atom stereocenters. The molecule has 0 spiro atoms. The van der Waals surface area contributed by atoms with Crippen LogP contribution < -0.4 is 10.6 Å². The predicted molar refractivity (Wildman–Crippen MR) is 136 cm³/mol. The van der Waals surface area contributed by atoms with Crippen LogP contribution in [0.3, 0.4) is 0 Å². The lowest BCUT2D eigenvalue weighted by Gasteiger charge is -2.14. The third kappa shape index (κ3) is 5.62. The monoisotopic (exact) mass is 493 g/mol. The van der Waals surface area contributed by atoms with E-state index < -0.39 is 0 Å². The summed E-state index contributed by atoms with van der Waals surface area (Å²) in [5.74, 6) is 1.39. The molecular weight excluding hydrogens is 466 g/mol. The number of nitrogens with one attached hydrogen (secondary N) is 2. The molecule has 3 aromatic heterocycles. The fourth-order valence-electron chi connectivity index (χ4n) is 3.60. The summed E-state index contributed by atoms with van der Waals surface area (Å²) in [5, 5.41) is 12.3. The standard InChI is InChI=1S/C24H27N7O3S/c1-5-12-31(4)23(33)20-14(2)27-24(35-20)29-19(32)9-11-26-22-18-13-17(21-28-15(3)34-30-21)7-6-16(18)8-10-25-22/h6-8,10,13H,5,9,11-12H2,1-4H3,(H,25,26)(H,27,29,32). The molecule has 2 amide bonds. The Bertz CT molecular complexity index is 1360. The maximum absolute atomic E-state index is 12.6. The van der Waals surface area contributed by atoms with Crippen molar-refractivity contribution in [1.82, 2.24) is 25.0 Å². The highest BCUT2D eigenvalue weighted by Crippen LogP contribution is 2.27. The van der Waals surface area contributed by atoms with Gasteiger partial charge in [-0.1, -0.05) is 35.5 Å². The first-order valence-electron chi connectivity index (χ1n) is 11.3. The number of fused-ring (bicyclic) bond motifs is 1. The van der Waals surface area contributed by atoms with E-state index in [1.54, 1.807) is 32.0 Å². The second-order valence-electron chi connectivity index (χ2n) is 8.12. The van der Waals surface area contributed by atoms with Crippen molar-refractivity contribution < 1.29 is 14.1 Å². The van der Waals surface area contributed by atoms with Gasteiger partial charge in [0, 0.05) is 50.6 Å². The molecule has 0 saturated heterocycles. The molecule has 0 aliphatic carbocycles. The third-order valence-corrected chi connectivity index (χ3v) is 6.40. The SMILES string of the molecule is CCCN(C)C(=O)c1sc(NC(=O)CCNc2nccc3ccc(-c4noc(C)n4)cc23)nc1C. The largest absolute Gasteiger partial charge is 0.369 e. The highest BCUT2D eigenvalue weighted by Gasteiger charge is 2.19. The molecule has 35 heavy (non-hydrogen) atoms. The number of benzene rings is 1. The van der Waals surface area contributed by atoms with Crippen LogP contribution in [0, 0.1) is 13.8 Å². The summed E-state index contributed by atoms with van der Waals surface area (Å²) in [7, 11) is 1.77. The Labute approximate surface area is 206 Å². The maximum Gasteiger partial charge on any atom is 0.265 e. The minimum Gasteiger partial charge on any atom is -0.369 e. The second kappa shape index (κ2) is 10.6. The first kappa shape index (κ1) is 24.3. The number of amides is 2. The highest BCUT2D eigenvalue weighted by atomic mass is 32.1. The van der Waals surface area contributed by atoms with Gasteiger partial charge < -0.3 is 20.1 Å². The Morgan fingerprint density at radius 3 is 2.74 bits per heavy atom. The normalized spacial score (nSPS) is 11.0. The maximum atomic E-state index is 12.6. The molecular formula is C24H27N7O3S. The van der Waals surface area contributed by atoms with Crippen LogP contribution in [0.5, 0.6) is 0 Å². The molecule has 0 saturated carbocycles. The minimum absolute atomic E-state index is 0.0820. The molecule has 182 valence electrons. The summed E-state index contributed by atoms with van der Waals surface area (Å²) in [6.45, 7) is 6.58. The number of carbonyl (C=O) groups excluding carboxylic acids is 2. The first-order chi connectivity index (χ1) is 16.9. The van der Waals surface area contributed by atoms with Crippen LogP contribution in [0.1, 0.15) is 41.0 Å². The quantitative estimate of drug-likeness (QED) is 0.354. The molecule has 0 bridgehead atoms. The summed E-state index contributed by atoms with van der Waals surface area (Å²) in [4.78, 5) is 40.3. The number of hydrogen-bond acceptors (Lipinski definition) is 9. The zero-order chi connectivity index (χ0) is 24.9. The van der Waals surface area contributed by atoms with Gasteiger partial charge in [-0.25, -0.2) is 9.97 Å². The Morgan fingerprint density at radius 1 is 1.17 bits per heavy atom. The van der Waals surface area contributed by atoms with Gasteiger partial charge in [0.05, 0.1) is 5.69 Å². The van der Waals surface area contributed by atoms with Crippen LogP contribution >= 0.6 is 11.3 Å². The lowest BCUT2D eigenvalue weighted by molar-refractivity contribution is -0.115. The molecule has 4 aromatic rings. The van der Waals surface area contributed by atoms with Crippen molar-refractivity contribution in [2.24, 2.45) is 0 Å². The van der Waals surface area contributed by atoms with Gasteiger partial charge in [0.2, 0.25) is 17.6 Å². The van der Waals surface area contributed by atoms with E-state index in [-0.39, 0.29) is 18.2 Å². The van der Waals surface area contributed by atoms with Crippen LogP contribution in [0.4, 0.5) is 10.9 Å². The van der Waals surface area contributed by atoms with E-state index in [0.717, 1.165) is 22.8 Å². The number of nitrogens with zero attached hydrogens (tertiary/aromatic N) is 5. The van der Waals surface area contributed by atoms with Gasteiger partial charge in [0.1, 0.15) is 10.7 Å². The fraction of sp³-hybridized carbons (Fsp3) is 0.333. The van der Waals surface area contributed by atoms with Crippen molar-refractivity contribution in [3.05, 3.63) is 46.9 Å². The van der Waals surface area contributed by atoms with E-state index in [0.29, 0.717) is 46.3 Å². The summed E-state index contributed by atoms with van der Waals surface area (Å²) in [5.41, 5.74) is 1.43. The number of anilines is 2. The Kier molecular flexibility index (Phi) is 7.35. The average molecular weight is 494 g/mol. The van der Waals surface area contributed by atoms with Gasteiger partial charge in [-0.2, -0.15) is 4.98 Å². The molecule has 0 aliphatic heterocycles. The summed E-state index contributed by atoms with van der Waals surface area (Å²) in [6.07, 6.45) is 2.80. The van der Waals surface area contributed by atoms with Gasteiger partial charge in [-0.15, -0.1) is 0 Å². The third-order valence-electron chi connectivity index (χ3n) is 5.34. The molecule has 0 fully saturated rings. The number of rotatable bonds is 9. The zero-order valence-corrected chi connectivity index (χ0v) is 20.9. The van der Waals surface area contributed by atoms with Crippen molar-refractivity contribution in [1.29, 1.82) is 0 Å². The summed E-state index contributed by atoms with van der Waals surface area (Å²) >= 11 is 1.20. The number of hydrogen-bond donors (Lipinski definition) is 2. The first-order valence-corrected chi connectivity index (χ1v) is 12.1. The van der Waals surface area contributed by atoms with Crippen molar-refractivity contribution in [3.63, 3.8) is 0 Å². The molecule has 4 rings (SSSR count). The van der Waals surface area contributed by atoms with Gasteiger partial charge in [0.25, 0.3) is 5.91 Å². The zero-order valence-electron chi connectivity index (χ0n) is 20.1. The predicted octanol–water partition coefficient (Wildman–Crippen LogP) is 4.28. The van der Waals surface area contributed by atoms with Crippen molar-refractivity contribution in [3.8, 4) is 11.4 Å². The Hall–Kier alpha value is -3.86. The van der Waals surface area contributed by atoms with E-state index >= 15 is 0 Å². The summed E-state index contributed by atoms with van der Waals surface area (Å²) < 4.78 is 5.08. The smallest absolute Gasteiger partial charge is 0.265 e. The van der Waals surface area contributed by atoms with Crippen molar-refractivity contribution in [2.45, 2.75) is 33.6 Å². The van der Waals surface area contributed by atoms with Crippen LogP contribution in [0.25, 0.3) is 22.2 Å². The number of aryl methyl sites for hydroxylation is 2. The second-order valence-corrected chi connectivity index (χ2v) is 9.12.